The molecule has 0 aliphatic rings. The van der Waals surface area contributed by atoms with Gasteiger partial charge in [0.1, 0.15) is 5.82 Å². The number of halogens is 3. The second-order valence-electron chi connectivity index (χ2n) is 7.01. The van der Waals surface area contributed by atoms with E-state index in [2.05, 4.69) is 4.98 Å². The number of para-hydroxylation sites is 1. The molecule has 0 saturated carbocycles. The van der Waals surface area contributed by atoms with Gasteiger partial charge in [0.05, 0.1) is 27.4 Å². The van der Waals surface area contributed by atoms with Crippen LogP contribution in [0.15, 0.2) is 58.2 Å². The van der Waals surface area contributed by atoms with Gasteiger partial charge in [0.25, 0.3) is 5.56 Å². The van der Waals surface area contributed by atoms with Gasteiger partial charge in [0.15, 0.2) is 0 Å². The molecule has 3 rings (SSSR count). The predicted molar refractivity (Wildman–Crippen MR) is 111 cm³/mol. The van der Waals surface area contributed by atoms with Crippen molar-refractivity contribution in [1.82, 2.24) is 13.9 Å². The molecule has 0 spiro atoms. The number of nitrogens with zero attached hydrogens (tertiary/aromatic N) is 3. The van der Waals surface area contributed by atoms with Gasteiger partial charge in [-0.1, -0.05) is 32.0 Å². The highest BCUT2D eigenvalue weighted by Gasteiger charge is 2.36. The first kappa shape index (κ1) is 23.0. The van der Waals surface area contributed by atoms with Crippen LogP contribution in [0.5, 0.6) is 0 Å². The van der Waals surface area contributed by atoms with Crippen LogP contribution in [0.4, 0.5) is 13.2 Å². The van der Waals surface area contributed by atoms with Crippen LogP contribution in [-0.4, -0.2) is 28.8 Å². The van der Waals surface area contributed by atoms with Gasteiger partial charge in [0.2, 0.25) is 10.0 Å². The van der Waals surface area contributed by atoms with Crippen LogP contribution in [-0.2, 0) is 23.2 Å². The van der Waals surface area contributed by atoms with Gasteiger partial charge in [-0.15, -0.1) is 0 Å². The normalized spacial score (nSPS) is 13.6. The zero-order valence-corrected chi connectivity index (χ0v) is 18.0. The summed E-state index contributed by atoms with van der Waals surface area (Å²) in [5, 5.41) is 0.396. The fraction of sp³-hybridized carbons (Fsp3) is 0.333. The third-order valence-electron chi connectivity index (χ3n) is 5.13. The minimum atomic E-state index is -4.67. The van der Waals surface area contributed by atoms with E-state index in [1.165, 1.54) is 11.6 Å². The first-order chi connectivity index (χ1) is 14.5. The van der Waals surface area contributed by atoms with Crippen LogP contribution in [0.1, 0.15) is 37.7 Å². The Morgan fingerprint density at radius 2 is 1.77 bits per heavy atom. The molecule has 2 aromatic carbocycles. The van der Waals surface area contributed by atoms with Crippen molar-refractivity contribution in [2.24, 2.45) is 7.05 Å². The van der Waals surface area contributed by atoms with Crippen molar-refractivity contribution in [3.05, 3.63) is 70.3 Å². The molecular weight excluding hydrogens is 431 g/mol. The first-order valence-corrected chi connectivity index (χ1v) is 11.1. The van der Waals surface area contributed by atoms with E-state index >= 15 is 0 Å². The topological polar surface area (TPSA) is 72.3 Å². The maximum absolute atomic E-state index is 13.3. The number of hydrogen-bond acceptors (Lipinski definition) is 4. The molecule has 1 heterocycles. The summed E-state index contributed by atoms with van der Waals surface area (Å²) in [6.45, 7) is 3.31. The van der Waals surface area contributed by atoms with Crippen molar-refractivity contribution in [1.29, 1.82) is 0 Å². The van der Waals surface area contributed by atoms with E-state index in [0.717, 1.165) is 22.5 Å². The van der Waals surface area contributed by atoms with Crippen molar-refractivity contribution in [3.63, 3.8) is 0 Å². The summed E-state index contributed by atoms with van der Waals surface area (Å²) in [5.41, 5.74) is -0.952. The molecular formula is C21H22F3N3O3S. The molecule has 166 valence electrons. The van der Waals surface area contributed by atoms with Gasteiger partial charge in [0, 0.05) is 13.6 Å². The van der Waals surface area contributed by atoms with Crippen molar-refractivity contribution < 1.29 is 21.6 Å². The first-order valence-electron chi connectivity index (χ1n) is 9.67. The Hall–Kier alpha value is -2.72. The van der Waals surface area contributed by atoms with Crippen LogP contribution in [0, 0.1) is 0 Å². The summed E-state index contributed by atoms with van der Waals surface area (Å²) in [6, 6.07) is 9.51. The van der Waals surface area contributed by atoms with Crippen LogP contribution in [0.25, 0.3) is 10.9 Å². The Bertz CT molecular complexity index is 1270. The van der Waals surface area contributed by atoms with Gasteiger partial charge in [-0.2, -0.15) is 17.5 Å². The molecule has 1 aromatic heterocycles. The van der Waals surface area contributed by atoms with Crippen LogP contribution in [0.2, 0.25) is 0 Å². The number of sulfonamides is 1. The van der Waals surface area contributed by atoms with Gasteiger partial charge < -0.3 is 0 Å². The number of benzene rings is 2. The molecule has 0 amide bonds. The van der Waals surface area contributed by atoms with Crippen molar-refractivity contribution >= 4 is 20.9 Å². The molecule has 6 nitrogen and oxygen atoms in total. The number of alkyl halides is 3. The van der Waals surface area contributed by atoms with Gasteiger partial charge in [-0.3, -0.25) is 9.36 Å². The summed E-state index contributed by atoms with van der Waals surface area (Å²) < 4.78 is 68.4. The molecule has 0 bridgehead atoms. The van der Waals surface area contributed by atoms with Gasteiger partial charge in [-0.25, -0.2) is 13.4 Å². The monoisotopic (exact) mass is 453 g/mol. The van der Waals surface area contributed by atoms with Crippen molar-refractivity contribution in [3.8, 4) is 0 Å². The summed E-state index contributed by atoms with van der Waals surface area (Å²) in [7, 11) is -2.79. The summed E-state index contributed by atoms with van der Waals surface area (Å²) in [5.74, 6) is 0.226. The Kier molecular flexibility index (Phi) is 6.24. The fourth-order valence-electron chi connectivity index (χ4n) is 3.57. The number of hydrogen-bond donors (Lipinski definition) is 0. The van der Waals surface area contributed by atoms with Crippen LogP contribution >= 0.6 is 0 Å². The highest BCUT2D eigenvalue weighted by molar-refractivity contribution is 7.89. The van der Waals surface area contributed by atoms with E-state index in [9.17, 15) is 26.4 Å². The summed E-state index contributed by atoms with van der Waals surface area (Å²) >= 11 is 0. The maximum Gasteiger partial charge on any atom is 0.416 e. The van der Waals surface area contributed by atoms with Gasteiger partial charge >= 0.3 is 6.18 Å². The molecule has 0 saturated heterocycles. The van der Waals surface area contributed by atoms with E-state index < -0.39 is 32.7 Å². The largest absolute Gasteiger partial charge is 0.416 e. The van der Waals surface area contributed by atoms with Crippen LogP contribution < -0.4 is 5.56 Å². The molecule has 3 aromatic rings. The van der Waals surface area contributed by atoms with Crippen molar-refractivity contribution in [2.75, 3.05) is 6.54 Å². The van der Waals surface area contributed by atoms with E-state index in [-0.39, 0.29) is 24.3 Å². The summed E-state index contributed by atoms with van der Waals surface area (Å²) in [4.78, 5) is 16.8. The minimum Gasteiger partial charge on any atom is -0.298 e. The molecule has 0 radical (unpaired) electrons. The highest BCUT2D eigenvalue weighted by Crippen LogP contribution is 2.33. The molecule has 1 unspecified atom stereocenters. The third-order valence-corrected chi connectivity index (χ3v) is 7.11. The lowest BCUT2D eigenvalue weighted by Gasteiger charge is -2.30. The number of fused-ring (bicyclic) bond motifs is 1. The Morgan fingerprint density at radius 3 is 2.39 bits per heavy atom. The molecule has 0 aliphatic heterocycles. The number of aromatic nitrogens is 2. The van der Waals surface area contributed by atoms with E-state index in [0.29, 0.717) is 17.0 Å². The fourth-order valence-corrected chi connectivity index (χ4v) is 5.29. The molecule has 0 fully saturated rings. The zero-order valence-electron chi connectivity index (χ0n) is 17.2. The van der Waals surface area contributed by atoms with E-state index in [1.807, 2.05) is 0 Å². The molecule has 31 heavy (non-hydrogen) atoms. The predicted octanol–water partition coefficient (Wildman–Crippen LogP) is 4.11. The lowest BCUT2D eigenvalue weighted by Crippen LogP contribution is -2.38. The maximum atomic E-state index is 13.3. The Labute approximate surface area is 178 Å². The van der Waals surface area contributed by atoms with Crippen LogP contribution in [0.3, 0.4) is 0 Å². The molecule has 1 atom stereocenters. The quantitative estimate of drug-likeness (QED) is 0.563. The molecule has 0 N–H and O–H groups in total. The highest BCUT2D eigenvalue weighted by atomic mass is 32.2. The lowest BCUT2D eigenvalue weighted by atomic mass is 10.1. The van der Waals surface area contributed by atoms with Gasteiger partial charge in [-0.05, 0) is 36.8 Å². The zero-order chi connectivity index (χ0) is 23.0. The smallest absolute Gasteiger partial charge is 0.298 e. The SMILES string of the molecule is CCC(c1nc2ccccc2c(=O)n1C)N(CC)S(=O)(=O)c1cccc(C(F)(F)F)c1. The minimum absolute atomic E-state index is 0.0141. The second kappa shape index (κ2) is 8.43. The second-order valence-corrected chi connectivity index (χ2v) is 8.90. The lowest BCUT2D eigenvalue weighted by molar-refractivity contribution is -0.137. The standard InChI is InChI=1S/C21H22F3N3O3S/c1-4-18(19-25-17-12-7-6-11-16(17)20(28)26(19)3)27(5-2)31(29,30)15-10-8-9-14(13-15)21(22,23)24/h6-13,18H,4-5H2,1-3H3. The molecule has 0 aliphatic carbocycles. The third kappa shape index (κ3) is 4.22. The van der Waals surface area contributed by atoms with E-state index in [1.54, 1.807) is 38.1 Å². The Balaban J connectivity index is 2.16. The van der Waals surface area contributed by atoms with Crippen molar-refractivity contribution in [2.45, 2.75) is 37.4 Å². The average molecular weight is 453 g/mol. The Morgan fingerprint density at radius 1 is 1.10 bits per heavy atom. The summed E-state index contributed by atoms with van der Waals surface area (Å²) in [6.07, 6.45) is -4.40. The number of rotatable bonds is 6. The molecule has 10 heteroatoms. The average Bonchev–Trinajstić information content (AvgIpc) is 2.74. The van der Waals surface area contributed by atoms with E-state index in [4.69, 9.17) is 0 Å².